The first kappa shape index (κ1) is 28.3. The third kappa shape index (κ3) is 6.18. The molecule has 0 saturated carbocycles. The van der Waals surface area contributed by atoms with E-state index in [1.807, 2.05) is 54.7 Å². The molecule has 220 valence electrons. The Hall–Kier alpha value is -4.86. The highest BCUT2D eigenvalue weighted by molar-refractivity contribution is 5.92. The van der Waals surface area contributed by atoms with Crippen molar-refractivity contribution in [1.82, 2.24) is 10.3 Å². The number of carbonyl (C=O) groups is 1. The molecular weight excluding hydrogens is 548 g/mol. The van der Waals surface area contributed by atoms with Gasteiger partial charge in [0.1, 0.15) is 11.3 Å². The average molecular weight is 581 g/mol. The van der Waals surface area contributed by atoms with Crippen LogP contribution in [-0.4, -0.2) is 35.9 Å². The van der Waals surface area contributed by atoms with E-state index >= 15 is 0 Å². The van der Waals surface area contributed by atoms with Crippen LogP contribution in [0.4, 0.5) is 0 Å². The number of aromatic nitrogens is 1. The van der Waals surface area contributed by atoms with Crippen LogP contribution in [0.15, 0.2) is 100 Å². The number of aliphatic hydroxyl groups excluding tert-OH is 1. The number of carbonyl (C=O) groups excluding carboxylic acids is 1. The van der Waals surface area contributed by atoms with Crippen molar-refractivity contribution in [2.24, 2.45) is 0 Å². The minimum atomic E-state index is -0.778. The third-order valence-electron chi connectivity index (χ3n) is 7.68. The Kier molecular flexibility index (Phi) is 8.26. The van der Waals surface area contributed by atoms with E-state index in [1.165, 1.54) is 6.26 Å². The lowest BCUT2D eigenvalue weighted by atomic mass is 9.93. The zero-order chi connectivity index (χ0) is 29.8. The smallest absolute Gasteiger partial charge is 0.286 e. The number of nitrogens with one attached hydrogen (secondary N) is 2. The number of benzene rings is 3. The Bertz CT molecular complexity index is 1840. The summed E-state index contributed by atoms with van der Waals surface area (Å²) < 4.78 is 23.2. The van der Waals surface area contributed by atoms with Crippen molar-refractivity contribution in [1.29, 1.82) is 0 Å². The molecule has 43 heavy (non-hydrogen) atoms. The highest BCUT2D eigenvalue weighted by atomic mass is 16.7. The lowest BCUT2D eigenvalue weighted by Crippen LogP contribution is -2.34. The van der Waals surface area contributed by atoms with Crippen molar-refractivity contribution >= 4 is 27.8 Å². The molecule has 5 aromatic rings. The predicted octanol–water partition coefficient (Wildman–Crippen LogP) is 5.06. The summed E-state index contributed by atoms with van der Waals surface area (Å²) in [7, 11) is 1.63. The molecule has 0 fully saturated rings. The second-order valence-corrected chi connectivity index (χ2v) is 10.5. The summed E-state index contributed by atoms with van der Waals surface area (Å²) in [5.74, 6) is -0.00540. The summed E-state index contributed by atoms with van der Waals surface area (Å²) in [5.41, 5.74) is 4.50. The van der Waals surface area contributed by atoms with Crippen LogP contribution >= 0.6 is 0 Å². The van der Waals surface area contributed by atoms with E-state index in [1.54, 1.807) is 31.4 Å². The second kappa shape index (κ2) is 12.6. The molecule has 3 aromatic carbocycles. The number of rotatable bonds is 10. The topological polar surface area (TPSA) is 123 Å². The van der Waals surface area contributed by atoms with E-state index in [2.05, 4.69) is 10.3 Å². The van der Waals surface area contributed by atoms with Gasteiger partial charge in [-0.2, -0.15) is 0 Å². The van der Waals surface area contributed by atoms with Crippen molar-refractivity contribution in [3.8, 4) is 5.75 Å². The van der Waals surface area contributed by atoms with Gasteiger partial charge in [0.2, 0.25) is 6.29 Å². The van der Waals surface area contributed by atoms with E-state index in [0.717, 1.165) is 33.3 Å². The quantitative estimate of drug-likeness (QED) is 0.211. The average Bonchev–Trinajstić information content (AvgIpc) is 3.46. The van der Waals surface area contributed by atoms with Gasteiger partial charge in [-0.05, 0) is 59.5 Å². The third-order valence-corrected chi connectivity index (χ3v) is 7.68. The van der Waals surface area contributed by atoms with Gasteiger partial charge in [-0.1, -0.05) is 36.4 Å². The molecule has 1 aliphatic heterocycles. The SMILES string of the molecule is COc1ccc2[nH]cc(CCNC(=O)C3=C[C@@H](c4coc5ccccc5c4=O)C[C@@H](OCc4ccc(CO)cc4)O3)c2c1. The minimum absolute atomic E-state index is 0.0410. The molecule has 1 amide bonds. The Labute approximate surface area is 247 Å². The molecule has 3 heterocycles. The van der Waals surface area contributed by atoms with Gasteiger partial charge >= 0.3 is 0 Å². The van der Waals surface area contributed by atoms with Crippen LogP contribution in [0.2, 0.25) is 0 Å². The predicted molar refractivity (Wildman–Crippen MR) is 162 cm³/mol. The summed E-state index contributed by atoms with van der Waals surface area (Å²) in [5, 5.41) is 13.8. The van der Waals surface area contributed by atoms with E-state index < -0.39 is 18.1 Å². The highest BCUT2D eigenvalue weighted by Crippen LogP contribution is 2.31. The highest BCUT2D eigenvalue weighted by Gasteiger charge is 2.30. The van der Waals surface area contributed by atoms with Crippen LogP contribution in [0.25, 0.3) is 21.9 Å². The largest absolute Gasteiger partial charge is 0.497 e. The number of hydrogen-bond donors (Lipinski definition) is 3. The standard InChI is InChI=1S/C34H32N2O7/c1-40-25-10-11-29-27(16-25)23(17-36-29)12-13-35-34(39)31-14-24(28-20-41-30-5-3-2-4-26(30)33(28)38)15-32(43-31)42-19-22-8-6-21(18-37)7-9-22/h2-11,14,16-17,20,24,32,36-37H,12-13,15,18-19H2,1H3,(H,35,39)/t24-,32+/m1/s1. The number of aromatic amines is 1. The van der Waals surface area contributed by atoms with E-state index in [-0.39, 0.29) is 24.4 Å². The fourth-order valence-corrected chi connectivity index (χ4v) is 5.30. The first-order valence-electron chi connectivity index (χ1n) is 14.1. The molecule has 9 nitrogen and oxygen atoms in total. The fourth-order valence-electron chi connectivity index (χ4n) is 5.30. The van der Waals surface area contributed by atoms with Gasteiger partial charge in [0.25, 0.3) is 5.91 Å². The Morgan fingerprint density at radius 3 is 2.70 bits per heavy atom. The number of fused-ring (bicyclic) bond motifs is 2. The van der Waals surface area contributed by atoms with Gasteiger partial charge in [-0.25, -0.2) is 0 Å². The van der Waals surface area contributed by atoms with Crippen LogP contribution in [0.5, 0.6) is 5.75 Å². The van der Waals surface area contributed by atoms with Gasteiger partial charge in [0.15, 0.2) is 11.2 Å². The van der Waals surface area contributed by atoms with Gasteiger partial charge in [-0.15, -0.1) is 0 Å². The van der Waals surface area contributed by atoms with Crippen LogP contribution in [-0.2, 0) is 33.9 Å². The number of H-pyrrole nitrogens is 1. The molecule has 3 N–H and O–H groups in total. The lowest BCUT2D eigenvalue weighted by molar-refractivity contribution is -0.150. The van der Waals surface area contributed by atoms with Crippen LogP contribution in [0.3, 0.4) is 0 Å². The lowest BCUT2D eigenvalue weighted by Gasteiger charge is -2.29. The van der Waals surface area contributed by atoms with Crippen molar-refractivity contribution in [2.75, 3.05) is 13.7 Å². The minimum Gasteiger partial charge on any atom is -0.497 e. The number of amides is 1. The second-order valence-electron chi connectivity index (χ2n) is 10.5. The van der Waals surface area contributed by atoms with Crippen LogP contribution in [0.1, 0.15) is 34.6 Å². The van der Waals surface area contributed by atoms with Gasteiger partial charge in [0, 0.05) is 41.5 Å². The molecule has 0 aliphatic carbocycles. The molecular formula is C34H32N2O7. The molecule has 9 heteroatoms. The van der Waals surface area contributed by atoms with Gasteiger partial charge < -0.3 is 34.0 Å². The molecule has 0 spiro atoms. The van der Waals surface area contributed by atoms with Crippen molar-refractivity contribution in [3.05, 3.63) is 124 Å². The summed E-state index contributed by atoms with van der Waals surface area (Å²) in [4.78, 5) is 30.0. The maximum atomic E-state index is 13.4. The van der Waals surface area contributed by atoms with Crippen LogP contribution < -0.4 is 15.5 Å². The molecule has 2 atom stereocenters. The monoisotopic (exact) mass is 580 g/mol. The number of aliphatic hydroxyl groups is 1. The van der Waals surface area contributed by atoms with Crippen molar-refractivity contribution < 1.29 is 28.5 Å². The number of hydrogen-bond acceptors (Lipinski definition) is 7. The molecule has 0 saturated heterocycles. The van der Waals surface area contributed by atoms with Crippen LogP contribution in [0, 0.1) is 0 Å². The van der Waals surface area contributed by atoms with Crippen molar-refractivity contribution in [3.63, 3.8) is 0 Å². The van der Waals surface area contributed by atoms with E-state index in [9.17, 15) is 14.7 Å². The fraction of sp³-hybridized carbons (Fsp3) is 0.235. The number of allylic oxidation sites excluding steroid dienone is 1. The Balaban J connectivity index is 1.20. The summed E-state index contributed by atoms with van der Waals surface area (Å²) in [6.45, 7) is 0.560. The summed E-state index contributed by atoms with van der Waals surface area (Å²) in [6.07, 6.45) is 5.20. The van der Waals surface area contributed by atoms with Gasteiger partial charge in [0.05, 0.1) is 32.0 Å². The normalized spacial score (nSPS) is 16.6. The van der Waals surface area contributed by atoms with E-state index in [0.29, 0.717) is 35.9 Å². The van der Waals surface area contributed by atoms with E-state index in [4.69, 9.17) is 18.6 Å². The number of para-hydroxylation sites is 1. The molecule has 0 bridgehead atoms. The Morgan fingerprint density at radius 1 is 1.07 bits per heavy atom. The maximum Gasteiger partial charge on any atom is 0.286 e. The number of methoxy groups -OCH3 is 1. The Morgan fingerprint density at radius 2 is 1.88 bits per heavy atom. The zero-order valence-electron chi connectivity index (χ0n) is 23.7. The number of ether oxygens (including phenoxy) is 3. The van der Waals surface area contributed by atoms with Gasteiger partial charge in [-0.3, -0.25) is 9.59 Å². The molecule has 1 aliphatic rings. The zero-order valence-corrected chi connectivity index (χ0v) is 23.7. The molecule has 2 aromatic heterocycles. The summed E-state index contributed by atoms with van der Waals surface area (Å²) in [6, 6.07) is 20.3. The summed E-state index contributed by atoms with van der Waals surface area (Å²) >= 11 is 0. The first-order chi connectivity index (χ1) is 21.0. The van der Waals surface area contributed by atoms with Crippen molar-refractivity contribution in [2.45, 2.75) is 38.3 Å². The molecule has 0 unspecified atom stereocenters. The maximum absolute atomic E-state index is 13.4. The molecule has 0 radical (unpaired) electrons. The first-order valence-corrected chi connectivity index (χ1v) is 14.1. The molecule has 6 rings (SSSR count).